The van der Waals surface area contributed by atoms with E-state index >= 15 is 0 Å². The van der Waals surface area contributed by atoms with Gasteiger partial charge in [-0.15, -0.1) is 0 Å². The molecule has 1 aliphatic rings. The number of methoxy groups -OCH3 is 1. The molecule has 0 radical (unpaired) electrons. The molecule has 2 amide bonds. The molecule has 35 heavy (non-hydrogen) atoms. The molecule has 0 aliphatic carbocycles. The summed E-state index contributed by atoms with van der Waals surface area (Å²) < 4.78 is 24.5. The summed E-state index contributed by atoms with van der Waals surface area (Å²) in [7, 11) is 1.59. The van der Waals surface area contributed by atoms with E-state index in [1.54, 1.807) is 24.1 Å². The van der Waals surface area contributed by atoms with Gasteiger partial charge in [-0.05, 0) is 42.3 Å². The van der Waals surface area contributed by atoms with Gasteiger partial charge in [0.05, 0.1) is 25.3 Å². The molecule has 1 unspecified atom stereocenters. The molecule has 1 N–H and O–H groups in total. The first-order chi connectivity index (χ1) is 17.0. The third-order valence-corrected chi connectivity index (χ3v) is 5.97. The van der Waals surface area contributed by atoms with Gasteiger partial charge in [0, 0.05) is 11.3 Å². The topological polar surface area (TPSA) is 80.5 Å². The number of nitrogens with zero attached hydrogens (tertiary/aromatic N) is 3. The normalized spacial score (nSPS) is 15.8. The van der Waals surface area contributed by atoms with E-state index in [9.17, 15) is 9.18 Å². The molecule has 0 spiro atoms. The van der Waals surface area contributed by atoms with Crippen molar-refractivity contribution in [3.05, 3.63) is 107 Å². The standard InChI is InChI=1S/C27H23FN4O3/c1-17-23(26-30-25(31-35-26)19-7-4-3-5-8-19)24(20-9-6-10-22(15-20)34-2)29-27(33)32(17)16-18-11-13-21(28)14-12-18/h3-15,24H,16H2,1-2H3,(H,29,33). The minimum Gasteiger partial charge on any atom is -0.497 e. The summed E-state index contributed by atoms with van der Waals surface area (Å²) in [6.07, 6.45) is 0. The number of rotatable bonds is 6. The molecule has 8 heteroatoms. The summed E-state index contributed by atoms with van der Waals surface area (Å²) in [5.74, 6) is 1.09. The van der Waals surface area contributed by atoms with Gasteiger partial charge in [0.15, 0.2) is 0 Å². The van der Waals surface area contributed by atoms with Gasteiger partial charge in [0.2, 0.25) is 5.82 Å². The van der Waals surface area contributed by atoms with Gasteiger partial charge >= 0.3 is 6.03 Å². The monoisotopic (exact) mass is 470 g/mol. The van der Waals surface area contributed by atoms with Crippen LogP contribution in [-0.4, -0.2) is 28.2 Å². The number of aromatic nitrogens is 2. The first kappa shape index (κ1) is 22.3. The van der Waals surface area contributed by atoms with Gasteiger partial charge in [-0.25, -0.2) is 9.18 Å². The highest BCUT2D eigenvalue weighted by Gasteiger charge is 2.36. The number of benzene rings is 3. The lowest BCUT2D eigenvalue weighted by molar-refractivity contribution is 0.203. The Labute approximate surface area is 201 Å². The van der Waals surface area contributed by atoms with Crippen LogP contribution in [0.5, 0.6) is 5.75 Å². The Morgan fingerprint density at radius 2 is 1.83 bits per heavy atom. The first-order valence-corrected chi connectivity index (χ1v) is 11.1. The van der Waals surface area contributed by atoms with Crippen molar-refractivity contribution < 1.29 is 18.4 Å². The van der Waals surface area contributed by atoms with Crippen LogP contribution in [0, 0.1) is 5.82 Å². The average Bonchev–Trinajstić information content (AvgIpc) is 3.37. The highest BCUT2D eigenvalue weighted by Crippen LogP contribution is 2.38. The summed E-state index contributed by atoms with van der Waals surface area (Å²) in [4.78, 5) is 19.5. The zero-order chi connectivity index (χ0) is 24.4. The Hall–Kier alpha value is -4.46. The zero-order valence-electron chi connectivity index (χ0n) is 19.2. The van der Waals surface area contributed by atoms with E-state index in [-0.39, 0.29) is 18.4 Å². The molecule has 7 nitrogen and oxygen atoms in total. The molecule has 176 valence electrons. The summed E-state index contributed by atoms with van der Waals surface area (Å²) in [6, 6.07) is 22.2. The van der Waals surface area contributed by atoms with E-state index in [1.807, 2.05) is 61.5 Å². The maximum atomic E-state index is 13.4. The molecule has 0 saturated carbocycles. The highest BCUT2D eigenvalue weighted by molar-refractivity contribution is 5.87. The number of nitrogens with one attached hydrogen (secondary N) is 1. The Kier molecular flexibility index (Phi) is 6.01. The second-order valence-corrected chi connectivity index (χ2v) is 8.16. The van der Waals surface area contributed by atoms with Crippen molar-refractivity contribution in [1.82, 2.24) is 20.4 Å². The van der Waals surface area contributed by atoms with Crippen molar-refractivity contribution in [1.29, 1.82) is 0 Å². The van der Waals surface area contributed by atoms with Gasteiger partial charge in [0.25, 0.3) is 5.89 Å². The smallest absolute Gasteiger partial charge is 0.322 e. The lowest BCUT2D eigenvalue weighted by Gasteiger charge is -2.35. The van der Waals surface area contributed by atoms with E-state index in [4.69, 9.17) is 9.26 Å². The number of halogens is 1. The highest BCUT2D eigenvalue weighted by atomic mass is 19.1. The lowest BCUT2D eigenvalue weighted by Crippen LogP contribution is -2.45. The van der Waals surface area contributed by atoms with Crippen molar-refractivity contribution in [3.8, 4) is 17.1 Å². The van der Waals surface area contributed by atoms with Gasteiger partial charge in [0.1, 0.15) is 11.6 Å². The minimum atomic E-state index is -0.536. The molecule has 2 heterocycles. The van der Waals surface area contributed by atoms with Crippen LogP contribution in [0.15, 0.2) is 89.1 Å². The van der Waals surface area contributed by atoms with Crippen LogP contribution < -0.4 is 10.1 Å². The lowest BCUT2D eigenvalue weighted by atomic mass is 9.94. The number of hydrogen-bond donors (Lipinski definition) is 1. The van der Waals surface area contributed by atoms with Crippen LogP contribution in [0.4, 0.5) is 9.18 Å². The molecule has 1 aliphatic heterocycles. The Morgan fingerprint density at radius 1 is 1.06 bits per heavy atom. The maximum absolute atomic E-state index is 13.4. The fraction of sp³-hybridized carbons (Fsp3) is 0.148. The molecule has 1 aromatic heterocycles. The number of carbonyl (C=O) groups is 1. The molecule has 4 aromatic rings. The van der Waals surface area contributed by atoms with E-state index in [0.29, 0.717) is 28.7 Å². The number of ether oxygens (including phenoxy) is 1. The quantitative estimate of drug-likeness (QED) is 0.398. The Bertz CT molecular complexity index is 1380. The largest absolute Gasteiger partial charge is 0.497 e. The third kappa shape index (κ3) is 4.50. The van der Waals surface area contributed by atoms with Gasteiger partial charge < -0.3 is 14.6 Å². The van der Waals surface area contributed by atoms with Gasteiger partial charge in [-0.2, -0.15) is 4.98 Å². The number of hydrogen-bond acceptors (Lipinski definition) is 5. The van der Waals surface area contributed by atoms with E-state index in [1.165, 1.54) is 12.1 Å². The molecule has 0 fully saturated rings. The number of urea groups is 1. The fourth-order valence-electron chi connectivity index (χ4n) is 4.13. The third-order valence-electron chi connectivity index (χ3n) is 5.97. The molecule has 0 bridgehead atoms. The SMILES string of the molecule is COc1cccc(C2NC(=O)N(Cc3ccc(F)cc3)C(C)=C2c2nc(-c3ccccc3)no2)c1. The zero-order valence-corrected chi connectivity index (χ0v) is 19.2. The van der Waals surface area contributed by atoms with Crippen LogP contribution in [0.25, 0.3) is 17.0 Å². The summed E-state index contributed by atoms with van der Waals surface area (Å²) >= 11 is 0. The molecular formula is C27H23FN4O3. The fourth-order valence-corrected chi connectivity index (χ4v) is 4.13. The molecular weight excluding hydrogens is 447 g/mol. The van der Waals surface area contributed by atoms with E-state index < -0.39 is 6.04 Å². The van der Waals surface area contributed by atoms with Crippen LogP contribution in [0.1, 0.15) is 30.0 Å². The maximum Gasteiger partial charge on any atom is 0.322 e. The average molecular weight is 471 g/mol. The molecule has 0 saturated heterocycles. The Morgan fingerprint density at radius 3 is 2.57 bits per heavy atom. The Balaban J connectivity index is 1.60. The molecule has 3 aromatic carbocycles. The van der Waals surface area contributed by atoms with E-state index in [0.717, 1.165) is 16.7 Å². The molecule has 5 rings (SSSR count). The predicted molar refractivity (Wildman–Crippen MR) is 129 cm³/mol. The van der Waals surface area contributed by atoms with Crippen molar-refractivity contribution in [2.45, 2.75) is 19.5 Å². The van der Waals surface area contributed by atoms with Crippen molar-refractivity contribution in [3.63, 3.8) is 0 Å². The van der Waals surface area contributed by atoms with Gasteiger partial charge in [-0.3, -0.25) is 4.90 Å². The van der Waals surface area contributed by atoms with Crippen LogP contribution in [0.3, 0.4) is 0 Å². The van der Waals surface area contributed by atoms with Crippen LogP contribution >= 0.6 is 0 Å². The molecule has 1 atom stereocenters. The van der Waals surface area contributed by atoms with Crippen molar-refractivity contribution in [2.24, 2.45) is 0 Å². The van der Waals surface area contributed by atoms with E-state index in [2.05, 4.69) is 15.5 Å². The van der Waals surface area contributed by atoms with Crippen LogP contribution in [-0.2, 0) is 6.54 Å². The first-order valence-electron chi connectivity index (χ1n) is 11.1. The van der Waals surface area contributed by atoms with Crippen molar-refractivity contribution >= 4 is 11.6 Å². The second kappa shape index (κ2) is 9.42. The summed E-state index contributed by atoms with van der Waals surface area (Å²) in [5.41, 5.74) is 3.76. The number of allylic oxidation sites excluding steroid dienone is 1. The van der Waals surface area contributed by atoms with Crippen molar-refractivity contribution in [2.75, 3.05) is 7.11 Å². The number of carbonyl (C=O) groups excluding carboxylic acids is 1. The summed E-state index contributed by atoms with van der Waals surface area (Å²) in [5, 5.41) is 7.24. The second-order valence-electron chi connectivity index (χ2n) is 8.16. The number of amides is 2. The van der Waals surface area contributed by atoms with Crippen LogP contribution in [0.2, 0.25) is 0 Å². The van der Waals surface area contributed by atoms with Gasteiger partial charge in [-0.1, -0.05) is 59.8 Å². The predicted octanol–water partition coefficient (Wildman–Crippen LogP) is 5.58. The summed E-state index contributed by atoms with van der Waals surface area (Å²) in [6.45, 7) is 2.10. The minimum absolute atomic E-state index is 0.256.